The molecule has 2 rings (SSSR count). The fourth-order valence-corrected chi connectivity index (χ4v) is 3.62. The van der Waals surface area contributed by atoms with Crippen LogP contribution in [0.2, 0.25) is 0 Å². The normalized spacial score (nSPS) is 10.8. The van der Waals surface area contributed by atoms with Crippen LogP contribution in [0.5, 0.6) is 0 Å². The molecule has 2 aromatic carbocycles. The van der Waals surface area contributed by atoms with Crippen molar-refractivity contribution in [1.82, 2.24) is 0 Å². The topological polar surface area (TPSA) is 93.1 Å². The van der Waals surface area contributed by atoms with E-state index in [9.17, 15) is 9.59 Å². The van der Waals surface area contributed by atoms with Crippen molar-refractivity contribution in [3.8, 4) is 0 Å². The average Bonchev–Trinajstić information content (AvgIpc) is 2.91. The number of rotatable bonds is 16. The number of aryl methyl sites for hydroxylation is 3. The summed E-state index contributed by atoms with van der Waals surface area (Å²) in [5.74, 6) is -1.84. The standard InChI is InChI=1S/C30H38O6/c1-4-5-6-7-24-8-10-25(11-9-24)12-13-26-14-16-27(17-15-26)28(20-35-29(33)22(2)18-31)21-36-30(34)23(3)19-32/h8-11,14-17,28,31-32H,2-7,12-13,18-21H2,1H3. The third kappa shape index (κ3) is 9.80. The highest BCUT2D eigenvalue weighted by atomic mass is 16.5. The highest BCUT2D eigenvalue weighted by Gasteiger charge is 2.19. The van der Waals surface area contributed by atoms with E-state index in [1.807, 2.05) is 24.3 Å². The summed E-state index contributed by atoms with van der Waals surface area (Å²) in [5, 5.41) is 18.1. The van der Waals surface area contributed by atoms with Gasteiger partial charge in [-0.15, -0.1) is 0 Å². The molecule has 6 nitrogen and oxygen atoms in total. The van der Waals surface area contributed by atoms with Gasteiger partial charge >= 0.3 is 11.9 Å². The van der Waals surface area contributed by atoms with Gasteiger partial charge in [0.15, 0.2) is 0 Å². The first-order chi connectivity index (χ1) is 17.4. The molecule has 0 amide bonds. The molecule has 0 spiro atoms. The quantitative estimate of drug-likeness (QED) is 0.203. The smallest absolute Gasteiger partial charge is 0.335 e. The van der Waals surface area contributed by atoms with Crippen LogP contribution in [0.25, 0.3) is 0 Å². The summed E-state index contributed by atoms with van der Waals surface area (Å²) in [6.45, 7) is 8.04. The molecule has 0 unspecified atom stereocenters. The molecule has 2 N–H and O–H groups in total. The SMILES string of the molecule is C=C(CO)C(=O)OCC(COC(=O)C(=C)CO)c1ccc(CCc2ccc(CCCCC)cc2)cc1. The van der Waals surface area contributed by atoms with Crippen molar-refractivity contribution in [1.29, 1.82) is 0 Å². The van der Waals surface area contributed by atoms with Crippen LogP contribution in [0.15, 0.2) is 72.8 Å². The lowest BCUT2D eigenvalue weighted by Crippen LogP contribution is -2.21. The van der Waals surface area contributed by atoms with Gasteiger partial charge in [0.1, 0.15) is 13.2 Å². The Hall–Kier alpha value is -3.22. The molecule has 0 heterocycles. The van der Waals surface area contributed by atoms with Gasteiger partial charge in [0.25, 0.3) is 0 Å². The van der Waals surface area contributed by atoms with E-state index in [1.165, 1.54) is 36.0 Å². The van der Waals surface area contributed by atoms with E-state index in [0.29, 0.717) is 0 Å². The Morgan fingerprint density at radius 2 is 1.14 bits per heavy atom. The highest BCUT2D eigenvalue weighted by Crippen LogP contribution is 2.20. The Bertz CT molecular complexity index is 959. The fourth-order valence-electron chi connectivity index (χ4n) is 3.62. The van der Waals surface area contributed by atoms with Crippen LogP contribution in [-0.4, -0.2) is 48.6 Å². The summed E-state index contributed by atoms with van der Waals surface area (Å²) in [5.41, 5.74) is 4.57. The van der Waals surface area contributed by atoms with Crippen LogP contribution in [0.4, 0.5) is 0 Å². The maximum absolute atomic E-state index is 11.9. The van der Waals surface area contributed by atoms with Crippen molar-refractivity contribution in [3.63, 3.8) is 0 Å². The third-order valence-electron chi connectivity index (χ3n) is 6.04. The summed E-state index contributed by atoms with van der Waals surface area (Å²) < 4.78 is 10.5. The monoisotopic (exact) mass is 494 g/mol. The number of hydrogen-bond donors (Lipinski definition) is 2. The number of hydrogen-bond acceptors (Lipinski definition) is 6. The third-order valence-corrected chi connectivity index (χ3v) is 6.04. The van der Waals surface area contributed by atoms with Crippen molar-refractivity contribution in [2.45, 2.75) is 51.4 Å². The van der Waals surface area contributed by atoms with Crippen LogP contribution < -0.4 is 0 Å². The average molecular weight is 495 g/mol. The molecule has 0 aliphatic rings. The zero-order valence-electron chi connectivity index (χ0n) is 21.2. The predicted molar refractivity (Wildman–Crippen MR) is 141 cm³/mol. The Morgan fingerprint density at radius 1 is 0.722 bits per heavy atom. The summed E-state index contributed by atoms with van der Waals surface area (Å²) >= 11 is 0. The molecule has 0 saturated heterocycles. The Morgan fingerprint density at radius 3 is 1.56 bits per heavy atom. The molecule has 0 fully saturated rings. The van der Waals surface area contributed by atoms with Crippen molar-refractivity contribution < 1.29 is 29.3 Å². The number of aliphatic hydroxyl groups is 2. The number of esters is 2. The van der Waals surface area contributed by atoms with Crippen LogP contribution >= 0.6 is 0 Å². The van der Waals surface area contributed by atoms with Crippen molar-refractivity contribution in [3.05, 3.63) is 95.1 Å². The zero-order chi connectivity index (χ0) is 26.3. The number of unbranched alkanes of at least 4 members (excludes halogenated alkanes) is 2. The van der Waals surface area contributed by atoms with Gasteiger partial charge in [-0.05, 0) is 47.9 Å². The molecule has 36 heavy (non-hydrogen) atoms. The summed E-state index contributed by atoms with van der Waals surface area (Å²) in [6, 6.07) is 16.7. The molecule has 0 bridgehead atoms. The van der Waals surface area contributed by atoms with Gasteiger partial charge in [-0.25, -0.2) is 9.59 Å². The van der Waals surface area contributed by atoms with Gasteiger partial charge in [0, 0.05) is 0 Å². The lowest BCUT2D eigenvalue weighted by atomic mass is 9.97. The van der Waals surface area contributed by atoms with E-state index in [-0.39, 0.29) is 24.4 Å². The van der Waals surface area contributed by atoms with Gasteiger partial charge in [0.05, 0.1) is 30.3 Å². The predicted octanol–water partition coefficient (Wildman–Crippen LogP) is 4.47. The molecule has 194 valence electrons. The first-order valence-electron chi connectivity index (χ1n) is 12.5. The minimum Gasteiger partial charge on any atom is -0.461 e. The Balaban J connectivity index is 1.98. The highest BCUT2D eigenvalue weighted by molar-refractivity contribution is 5.88. The van der Waals surface area contributed by atoms with Crippen LogP contribution in [0, 0.1) is 0 Å². The van der Waals surface area contributed by atoms with E-state index in [4.69, 9.17) is 19.7 Å². The molecule has 0 radical (unpaired) electrons. The van der Waals surface area contributed by atoms with E-state index < -0.39 is 31.1 Å². The second-order valence-electron chi connectivity index (χ2n) is 8.93. The lowest BCUT2D eigenvalue weighted by Gasteiger charge is -2.18. The number of carbonyl (C=O) groups excluding carboxylic acids is 2. The van der Waals surface area contributed by atoms with Crippen LogP contribution in [0.1, 0.15) is 54.4 Å². The second-order valence-corrected chi connectivity index (χ2v) is 8.93. The molecular formula is C30H38O6. The van der Waals surface area contributed by atoms with Crippen LogP contribution in [0.3, 0.4) is 0 Å². The maximum Gasteiger partial charge on any atom is 0.335 e. The molecule has 0 aromatic heterocycles. The molecule has 0 saturated carbocycles. The van der Waals surface area contributed by atoms with E-state index in [1.54, 1.807) is 0 Å². The Kier molecular flexibility index (Phi) is 12.7. The van der Waals surface area contributed by atoms with Gasteiger partial charge < -0.3 is 19.7 Å². The fraction of sp³-hybridized carbons (Fsp3) is 0.400. The molecule has 2 aromatic rings. The first-order valence-corrected chi connectivity index (χ1v) is 12.5. The van der Waals surface area contributed by atoms with Crippen molar-refractivity contribution in [2.75, 3.05) is 26.4 Å². The number of aliphatic hydroxyl groups excluding tert-OH is 2. The van der Waals surface area contributed by atoms with E-state index in [2.05, 4.69) is 44.3 Å². The van der Waals surface area contributed by atoms with Crippen molar-refractivity contribution >= 4 is 11.9 Å². The van der Waals surface area contributed by atoms with Crippen LogP contribution in [-0.2, 0) is 38.3 Å². The largest absolute Gasteiger partial charge is 0.461 e. The summed E-state index contributed by atoms with van der Waals surface area (Å²) in [4.78, 5) is 23.9. The molecule has 6 heteroatoms. The minimum absolute atomic E-state index is 0.0521. The lowest BCUT2D eigenvalue weighted by molar-refractivity contribution is -0.142. The van der Waals surface area contributed by atoms with E-state index >= 15 is 0 Å². The second kappa shape index (κ2) is 15.7. The van der Waals surface area contributed by atoms with E-state index in [0.717, 1.165) is 24.8 Å². The first kappa shape index (κ1) is 29.0. The molecular weight excluding hydrogens is 456 g/mol. The van der Waals surface area contributed by atoms with Gasteiger partial charge in [-0.2, -0.15) is 0 Å². The van der Waals surface area contributed by atoms with Gasteiger partial charge in [-0.1, -0.05) is 81.5 Å². The van der Waals surface area contributed by atoms with Gasteiger partial charge in [-0.3, -0.25) is 0 Å². The maximum atomic E-state index is 11.9. The summed E-state index contributed by atoms with van der Waals surface area (Å²) in [6.07, 6.45) is 6.67. The van der Waals surface area contributed by atoms with Crippen molar-refractivity contribution in [2.24, 2.45) is 0 Å². The minimum atomic E-state index is -0.707. The number of carbonyl (C=O) groups is 2. The summed E-state index contributed by atoms with van der Waals surface area (Å²) in [7, 11) is 0. The molecule has 0 aliphatic heterocycles. The molecule has 0 aliphatic carbocycles. The van der Waals surface area contributed by atoms with Gasteiger partial charge in [0.2, 0.25) is 0 Å². The Labute approximate surface area is 214 Å². The molecule has 0 atom stereocenters. The number of benzene rings is 2. The zero-order valence-corrected chi connectivity index (χ0v) is 21.2. The number of ether oxygens (including phenoxy) is 2.